The highest BCUT2D eigenvalue weighted by molar-refractivity contribution is 6.34. The van der Waals surface area contributed by atoms with Crippen LogP contribution in [0.4, 0.5) is 5.69 Å². The molecule has 2 aromatic heterocycles. The van der Waals surface area contributed by atoms with Gasteiger partial charge in [-0.05, 0) is 51.7 Å². The van der Waals surface area contributed by atoms with Crippen molar-refractivity contribution in [1.82, 2.24) is 24.9 Å². The minimum absolute atomic E-state index is 0.208. The van der Waals surface area contributed by atoms with Gasteiger partial charge in [-0.2, -0.15) is 10.2 Å². The molecule has 3 aromatic rings. The van der Waals surface area contributed by atoms with E-state index in [1.807, 2.05) is 37.0 Å². The van der Waals surface area contributed by atoms with E-state index < -0.39 is 0 Å². The fraction of sp³-hybridized carbons (Fsp3) is 0.583. The summed E-state index contributed by atoms with van der Waals surface area (Å²) in [6.07, 6.45) is 7.89. The quantitative estimate of drug-likeness (QED) is 0.605. The van der Waals surface area contributed by atoms with E-state index in [-0.39, 0.29) is 11.1 Å². The number of ether oxygens (including phenoxy) is 1. The maximum atomic E-state index is 9.16. The molecule has 33 heavy (non-hydrogen) atoms. The van der Waals surface area contributed by atoms with Gasteiger partial charge in [0.25, 0.3) is 0 Å². The van der Waals surface area contributed by atoms with E-state index in [0.717, 1.165) is 66.7 Å². The summed E-state index contributed by atoms with van der Waals surface area (Å²) < 4.78 is 7.31. The number of anilines is 1. The molecule has 1 aromatic carbocycles. The molecule has 1 aliphatic carbocycles. The molecule has 0 radical (unpaired) electrons. The van der Waals surface area contributed by atoms with Crippen LogP contribution in [-0.2, 0) is 4.74 Å². The van der Waals surface area contributed by atoms with Gasteiger partial charge in [-0.1, -0.05) is 11.6 Å². The predicted octanol–water partition coefficient (Wildman–Crippen LogP) is 3.48. The first-order valence-electron chi connectivity index (χ1n) is 11.7. The van der Waals surface area contributed by atoms with E-state index >= 15 is 0 Å². The molecule has 2 saturated heterocycles. The molecule has 3 fully saturated rings. The average Bonchev–Trinajstić information content (AvgIpc) is 3.37. The van der Waals surface area contributed by atoms with Crippen molar-refractivity contribution >= 4 is 28.2 Å². The first-order chi connectivity index (χ1) is 15.7. The molecule has 178 valence electrons. The summed E-state index contributed by atoms with van der Waals surface area (Å²) in [5, 5.41) is 22.3. The predicted molar refractivity (Wildman–Crippen MR) is 130 cm³/mol. The van der Waals surface area contributed by atoms with Gasteiger partial charge in [0.1, 0.15) is 5.69 Å². The molecule has 2 N–H and O–H groups in total. The molecule has 0 spiro atoms. The molecule has 9 heteroatoms. The Morgan fingerprint density at radius 2 is 1.88 bits per heavy atom. The Balaban J connectivity index is 0.000000281. The first-order valence-corrected chi connectivity index (χ1v) is 12.1. The van der Waals surface area contributed by atoms with Crippen molar-refractivity contribution in [3.05, 3.63) is 35.7 Å². The number of aliphatic hydroxyl groups is 1. The Bertz CT molecular complexity index is 1090. The minimum atomic E-state index is -0.389. The van der Waals surface area contributed by atoms with Crippen molar-refractivity contribution in [2.24, 2.45) is 5.92 Å². The Kier molecular flexibility index (Phi) is 5.89. The van der Waals surface area contributed by atoms with Crippen LogP contribution in [0.3, 0.4) is 0 Å². The molecule has 1 saturated carbocycles. The summed E-state index contributed by atoms with van der Waals surface area (Å²) in [5.41, 5.74) is 2.84. The molecule has 4 heterocycles. The number of rotatable bonds is 4. The normalized spacial score (nSPS) is 20.9. The zero-order valence-corrected chi connectivity index (χ0v) is 20.3. The molecule has 0 unspecified atom stereocenters. The molecule has 6 rings (SSSR count). The summed E-state index contributed by atoms with van der Waals surface area (Å²) in [6.45, 7) is 11.7. The van der Waals surface area contributed by atoms with Crippen molar-refractivity contribution in [3.63, 3.8) is 0 Å². The number of piperazine rings is 1. The molecule has 0 amide bonds. The number of hydrogen-bond donors (Lipinski definition) is 2. The van der Waals surface area contributed by atoms with Crippen molar-refractivity contribution in [2.45, 2.75) is 44.8 Å². The smallest absolute Gasteiger partial charge is 0.103 e. The van der Waals surface area contributed by atoms with Gasteiger partial charge in [0, 0.05) is 37.8 Å². The SMILES string of the molecule is CC(C)(O)C1CC1.CC1(N2CCN(c3cc4c(cnn4-c4cn[nH]c4)cc3Cl)CC2)COC1. The van der Waals surface area contributed by atoms with Crippen LogP contribution in [-0.4, -0.2) is 80.5 Å². The molecule has 2 aliphatic heterocycles. The van der Waals surface area contributed by atoms with Gasteiger partial charge in [-0.25, -0.2) is 4.68 Å². The second-order valence-electron chi connectivity index (χ2n) is 10.3. The highest BCUT2D eigenvalue weighted by Crippen LogP contribution is 2.38. The van der Waals surface area contributed by atoms with Gasteiger partial charge in [-0.15, -0.1) is 0 Å². The van der Waals surface area contributed by atoms with Crippen LogP contribution in [0.5, 0.6) is 0 Å². The third-order valence-electron chi connectivity index (χ3n) is 7.15. The number of aromatic amines is 1. The maximum Gasteiger partial charge on any atom is 0.103 e. The molecule has 0 atom stereocenters. The van der Waals surface area contributed by atoms with E-state index in [0.29, 0.717) is 5.92 Å². The molecule has 8 nitrogen and oxygen atoms in total. The van der Waals surface area contributed by atoms with Crippen LogP contribution in [0.2, 0.25) is 5.02 Å². The zero-order valence-electron chi connectivity index (χ0n) is 19.6. The monoisotopic (exact) mass is 472 g/mol. The van der Waals surface area contributed by atoms with Gasteiger partial charge in [0.15, 0.2) is 0 Å². The van der Waals surface area contributed by atoms with Crippen LogP contribution in [0, 0.1) is 5.92 Å². The Hall–Kier alpha value is -2.13. The van der Waals surface area contributed by atoms with Gasteiger partial charge >= 0.3 is 0 Å². The number of hydrogen-bond acceptors (Lipinski definition) is 6. The minimum Gasteiger partial charge on any atom is -0.390 e. The third kappa shape index (κ3) is 4.62. The molecular formula is C24H33ClN6O2. The number of benzene rings is 1. The second-order valence-corrected chi connectivity index (χ2v) is 10.7. The Morgan fingerprint density at radius 3 is 2.39 bits per heavy atom. The van der Waals surface area contributed by atoms with Crippen LogP contribution >= 0.6 is 11.6 Å². The topological polar surface area (TPSA) is 82.4 Å². The third-order valence-corrected chi connectivity index (χ3v) is 7.45. The van der Waals surface area contributed by atoms with E-state index in [2.05, 4.69) is 38.1 Å². The van der Waals surface area contributed by atoms with Gasteiger partial charge < -0.3 is 14.7 Å². The lowest BCUT2D eigenvalue weighted by Crippen LogP contribution is -2.64. The summed E-state index contributed by atoms with van der Waals surface area (Å²) >= 11 is 6.60. The summed E-state index contributed by atoms with van der Waals surface area (Å²) in [6, 6.07) is 4.14. The van der Waals surface area contributed by atoms with Crippen molar-refractivity contribution in [2.75, 3.05) is 44.3 Å². The molecule has 3 aliphatic rings. The van der Waals surface area contributed by atoms with Crippen LogP contribution < -0.4 is 4.90 Å². The Morgan fingerprint density at radius 1 is 1.15 bits per heavy atom. The highest BCUT2D eigenvalue weighted by Gasteiger charge is 2.40. The summed E-state index contributed by atoms with van der Waals surface area (Å²) in [4.78, 5) is 4.91. The zero-order chi connectivity index (χ0) is 23.2. The van der Waals surface area contributed by atoms with Gasteiger partial charge in [0.2, 0.25) is 0 Å². The number of fused-ring (bicyclic) bond motifs is 1. The average molecular weight is 473 g/mol. The standard InChI is InChI=1S/C18H21ClN6O.C6H12O/c1-18(11-26-12-18)24-4-2-23(3-5-24)17-7-16-13(6-15(17)19)8-22-25(16)14-9-20-21-10-14;1-6(2,7)5-3-4-5/h6-10H,2-5,11-12H2,1H3,(H,20,21);5,7H,3-4H2,1-2H3. The van der Waals surface area contributed by atoms with Crippen LogP contribution in [0.1, 0.15) is 33.6 Å². The van der Waals surface area contributed by atoms with Crippen LogP contribution in [0.25, 0.3) is 16.6 Å². The summed E-state index contributed by atoms with van der Waals surface area (Å²) in [5.74, 6) is 0.604. The number of H-pyrrole nitrogens is 1. The fourth-order valence-corrected chi connectivity index (χ4v) is 4.99. The summed E-state index contributed by atoms with van der Waals surface area (Å²) in [7, 11) is 0. The fourth-order valence-electron chi connectivity index (χ4n) is 4.70. The van der Waals surface area contributed by atoms with Gasteiger partial charge in [0.05, 0.1) is 53.0 Å². The van der Waals surface area contributed by atoms with E-state index in [9.17, 15) is 0 Å². The lowest BCUT2D eigenvalue weighted by molar-refractivity contribution is -0.131. The first kappa shape index (κ1) is 22.7. The Labute approximate surface area is 199 Å². The number of nitrogens with zero attached hydrogens (tertiary/aromatic N) is 5. The molecular weight excluding hydrogens is 440 g/mol. The maximum absolute atomic E-state index is 9.16. The number of nitrogens with one attached hydrogen (secondary N) is 1. The lowest BCUT2D eigenvalue weighted by Gasteiger charge is -2.50. The van der Waals surface area contributed by atoms with Gasteiger partial charge in [-0.3, -0.25) is 10.00 Å². The van der Waals surface area contributed by atoms with E-state index in [4.69, 9.17) is 21.4 Å². The van der Waals surface area contributed by atoms with Crippen LogP contribution in [0.15, 0.2) is 30.7 Å². The molecule has 0 bridgehead atoms. The van der Waals surface area contributed by atoms with E-state index in [1.54, 1.807) is 6.20 Å². The van der Waals surface area contributed by atoms with E-state index in [1.165, 1.54) is 12.8 Å². The van der Waals surface area contributed by atoms with Crippen molar-refractivity contribution in [1.29, 1.82) is 0 Å². The number of aromatic nitrogens is 4. The highest BCUT2D eigenvalue weighted by atomic mass is 35.5. The van der Waals surface area contributed by atoms with Crippen molar-refractivity contribution < 1.29 is 9.84 Å². The largest absolute Gasteiger partial charge is 0.390 e. The van der Waals surface area contributed by atoms with Crippen molar-refractivity contribution in [3.8, 4) is 5.69 Å². The second kappa shape index (κ2) is 8.58. The number of halogens is 1. The lowest BCUT2D eigenvalue weighted by atomic mass is 9.97.